The summed E-state index contributed by atoms with van der Waals surface area (Å²) in [5.74, 6) is 0.441. The summed E-state index contributed by atoms with van der Waals surface area (Å²) in [5, 5.41) is 12.2. The van der Waals surface area contributed by atoms with Gasteiger partial charge in [0.05, 0.1) is 5.75 Å². The molecule has 0 bridgehead atoms. The molecular weight excluding hydrogens is 406 g/mol. The number of carbonyl (C=O) groups is 1. The van der Waals surface area contributed by atoms with Crippen LogP contribution in [0.2, 0.25) is 0 Å². The zero-order valence-corrected chi connectivity index (χ0v) is 15.8. The molecule has 7 heteroatoms. The number of nitrogens with zero attached hydrogens (tertiary/aromatic N) is 2. The molecule has 0 fully saturated rings. The Morgan fingerprint density at radius 1 is 1.08 bits per heavy atom. The lowest BCUT2D eigenvalue weighted by atomic mass is 10.2. The number of hydrogen-bond donors (Lipinski definition) is 1. The lowest BCUT2D eigenvalue weighted by Gasteiger charge is -2.01. The van der Waals surface area contributed by atoms with Crippen LogP contribution in [0.15, 0.2) is 63.4 Å². The molecule has 0 saturated heterocycles. The minimum Gasteiger partial charge on any atom is -0.356 e. The summed E-state index contributed by atoms with van der Waals surface area (Å²) >= 11 is 6.24. The van der Waals surface area contributed by atoms with Crippen LogP contribution in [0.1, 0.15) is 15.9 Å². The van der Waals surface area contributed by atoms with Crippen molar-refractivity contribution < 1.29 is 4.79 Å². The fraction of sp³-hybridized carbons (Fsp3) is 0.118. The van der Waals surface area contributed by atoms with Crippen molar-refractivity contribution in [3.8, 4) is 0 Å². The number of thioether (sulfide) groups is 1. The van der Waals surface area contributed by atoms with E-state index in [0.717, 1.165) is 13.9 Å². The predicted octanol–water partition coefficient (Wildman–Crippen LogP) is 4.89. The van der Waals surface area contributed by atoms with Crippen LogP contribution < -0.4 is 5.32 Å². The average Bonchev–Trinajstić information content (AvgIpc) is 3.07. The number of halogens is 1. The second-order valence-corrected chi connectivity index (χ2v) is 8.05. The quantitative estimate of drug-likeness (QED) is 0.436. The zero-order chi connectivity index (χ0) is 16.8. The Morgan fingerprint density at radius 3 is 2.58 bits per heavy atom. The van der Waals surface area contributed by atoms with Crippen molar-refractivity contribution >= 4 is 49.9 Å². The van der Waals surface area contributed by atoms with E-state index in [2.05, 4.69) is 43.6 Å². The summed E-state index contributed by atoms with van der Waals surface area (Å²) in [5.41, 5.74) is 1.89. The number of ketones is 1. The summed E-state index contributed by atoms with van der Waals surface area (Å²) < 4.78 is 1.75. The third-order valence-electron chi connectivity index (χ3n) is 3.19. The molecule has 0 aliphatic heterocycles. The number of Topliss-reactive ketones (excluding diaryl/α,β-unsaturated/α-hetero) is 1. The molecule has 122 valence electrons. The topological polar surface area (TPSA) is 54.9 Å². The summed E-state index contributed by atoms with van der Waals surface area (Å²) in [7, 11) is 0. The van der Waals surface area contributed by atoms with Crippen molar-refractivity contribution in [1.82, 2.24) is 10.2 Å². The second-order valence-electron chi connectivity index (χ2n) is 4.93. The average molecular weight is 420 g/mol. The van der Waals surface area contributed by atoms with E-state index in [-0.39, 0.29) is 5.78 Å². The number of aromatic nitrogens is 2. The molecule has 0 amide bonds. The standard InChI is InChI=1S/C17H14BrN3OS2/c18-14-8-6-13(7-9-14)15(22)11-23-17-21-20-16(24-17)19-10-12-4-2-1-3-5-12/h1-9H,10-11H2,(H,19,20). The maximum atomic E-state index is 12.2. The molecule has 1 N–H and O–H groups in total. The zero-order valence-electron chi connectivity index (χ0n) is 12.6. The van der Waals surface area contributed by atoms with Gasteiger partial charge in [-0.3, -0.25) is 4.79 Å². The maximum Gasteiger partial charge on any atom is 0.206 e. The van der Waals surface area contributed by atoms with Crippen molar-refractivity contribution in [3.05, 3.63) is 70.2 Å². The smallest absolute Gasteiger partial charge is 0.206 e. The van der Waals surface area contributed by atoms with Gasteiger partial charge in [0.25, 0.3) is 0 Å². The first-order chi connectivity index (χ1) is 11.7. The molecule has 0 aliphatic rings. The van der Waals surface area contributed by atoms with Gasteiger partial charge in [0.2, 0.25) is 5.13 Å². The molecule has 1 aromatic heterocycles. The molecule has 0 saturated carbocycles. The molecule has 2 aromatic carbocycles. The predicted molar refractivity (Wildman–Crippen MR) is 103 cm³/mol. The van der Waals surface area contributed by atoms with E-state index in [4.69, 9.17) is 0 Å². The van der Waals surface area contributed by atoms with Gasteiger partial charge in [-0.15, -0.1) is 10.2 Å². The Bertz CT molecular complexity index is 806. The molecule has 4 nitrogen and oxygen atoms in total. The van der Waals surface area contributed by atoms with Gasteiger partial charge in [-0.05, 0) is 17.7 Å². The van der Waals surface area contributed by atoms with Crippen molar-refractivity contribution in [2.24, 2.45) is 0 Å². The fourth-order valence-electron chi connectivity index (χ4n) is 1.96. The normalized spacial score (nSPS) is 10.5. The third kappa shape index (κ3) is 4.90. The number of carbonyl (C=O) groups excluding carboxylic acids is 1. The summed E-state index contributed by atoms with van der Waals surface area (Å²) in [6.07, 6.45) is 0. The summed E-state index contributed by atoms with van der Waals surface area (Å²) in [6, 6.07) is 17.5. The number of benzene rings is 2. The Labute approximate surface area is 156 Å². The Morgan fingerprint density at radius 2 is 1.83 bits per heavy atom. The van der Waals surface area contributed by atoms with Crippen LogP contribution in [-0.2, 0) is 6.54 Å². The monoisotopic (exact) mass is 419 g/mol. The van der Waals surface area contributed by atoms with Crippen molar-refractivity contribution in [2.75, 3.05) is 11.1 Å². The molecular formula is C17H14BrN3OS2. The van der Waals surface area contributed by atoms with E-state index >= 15 is 0 Å². The van der Waals surface area contributed by atoms with Crippen LogP contribution >= 0.6 is 39.0 Å². The van der Waals surface area contributed by atoms with Crippen LogP contribution in [0, 0.1) is 0 Å². The lowest BCUT2D eigenvalue weighted by Crippen LogP contribution is -2.01. The fourth-order valence-corrected chi connectivity index (χ4v) is 3.87. The van der Waals surface area contributed by atoms with Gasteiger partial charge in [-0.2, -0.15) is 0 Å². The summed E-state index contributed by atoms with van der Waals surface area (Å²) in [4.78, 5) is 12.2. The van der Waals surface area contributed by atoms with Crippen molar-refractivity contribution in [2.45, 2.75) is 10.9 Å². The van der Waals surface area contributed by atoms with Gasteiger partial charge in [-0.25, -0.2) is 0 Å². The Kier molecular flexibility index (Phi) is 6.01. The first-order valence-corrected chi connectivity index (χ1v) is 9.83. The minimum absolute atomic E-state index is 0.0847. The van der Waals surface area contributed by atoms with Gasteiger partial charge >= 0.3 is 0 Å². The number of anilines is 1. The molecule has 0 spiro atoms. The molecule has 24 heavy (non-hydrogen) atoms. The maximum absolute atomic E-state index is 12.2. The van der Waals surface area contributed by atoms with E-state index in [1.807, 2.05) is 42.5 Å². The highest BCUT2D eigenvalue weighted by molar-refractivity contribution is 9.10. The van der Waals surface area contributed by atoms with E-state index in [9.17, 15) is 4.79 Å². The van der Waals surface area contributed by atoms with E-state index in [0.29, 0.717) is 17.9 Å². The highest BCUT2D eigenvalue weighted by atomic mass is 79.9. The highest BCUT2D eigenvalue weighted by Crippen LogP contribution is 2.26. The van der Waals surface area contributed by atoms with Gasteiger partial charge in [0.1, 0.15) is 0 Å². The first-order valence-electron chi connectivity index (χ1n) is 7.23. The van der Waals surface area contributed by atoms with E-state index in [1.54, 1.807) is 0 Å². The molecule has 0 radical (unpaired) electrons. The molecule has 0 atom stereocenters. The molecule has 1 heterocycles. The number of nitrogens with one attached hydrogen (secondary N) is 1. The number of rotatable bonds is 7. The number of hydrogen-bond acceptors (Lipinski definition) is 6. The molecule has 3 aromatic rings. The SMILES string of the molecule is O=C(CSc1nnc(NCc2ccccc2)s1)c1ccc(Br)cc1. The van der Waals surface area contributed by atoms with E-state index in [1.165, 1.54) is 28.7 Å². The lowest BCUT2D eigenvalue weighted by molar-refractivity contribution is 0.102. The van der Waals surface area contributed by atoms with Gasteiger partial charge in [0.15, 0.2) is 10.1 Å². The Balaban J connectivity index is 1.50. The van der Waals surface area contributed by atoms with Gasteiger partial charge in [0, 0.05) is 16.6 Å². The highest BCUT2D eigenvalue weighted by Gasteiger charge is 2.10. The largest absolute Gasteiger partial charge is 0.356 e. The second kappa shape index (κ2) is 8.41. The molecule has 3 rings (SSSR count). The minimum atomic E-state index is 0.0847. The van der Waals surface area contributed by atoms with Crippen LogP contribution in [-0.4, -0.2) is 21.7 Å². The van der Waals surface area contributed by atoms with Gasteiger partial charge < -0.3 is 5.32 Å². The van der Waals surface area contributed by atoms with Gasteiger partial charge in [-0.1, -0.05) is 81.5 Å². The Hall–Kier alpha value is -1.70. The molecule has 0 aliphatic carbocycles. The first kappa shape index (κ1) is 17.1. The van der Waals surface area contributed by atoms with Crippen molar-refractivity contribution in [1.29, 1.82) is 0 Å². The van der Waals surface area contributed by atoms with Crippen LogP contribution in [0.25, 0.3) is 0 Å². The van der Waals surface area contributed by atoms with Crippen LogP contribution in [0.4, 0.5) is 5.13 Å². The van der Waals surface area contributed by atoms with Crippen LogP contribution in [0.5, 0.6) is 0 Å². The third-order valence-corrected chi connectivity index (χ3v) is 5.73. The molecule has 0 unspecified atom stereocenters. The van der Waals surface area contributed by atoms with E-state index < -0.39 is 0 Å². The van der Waals surface area contributed by atoms with Crippen molar-refractivity contribution in [3.63, 3.8) is 0 Å². The van der Waals surface area contributed by atoms with Crippen LogP contribution in [0.3, 0.4) is 0 Å². The summed E-state index contributed by atoms with van der Waals surface area (Å²) in [6.45, 7) is 0.706.